The summed E-state index contributed by atoms with van der Waals surface area (Å²) < 4.78 is 0.874. The van der Waals surface area contributed by atoms with Crippen LogP contribution in [0.4, 0.5) is 5.69 Å². The van der Waals surface area contributed by atoms with Gasteiger partial charge in [-0.2, -0.15) is 0 Å². The number of nitrogens with one attached hydrogen (secondary N) is 2. The van der Waals surface area contributed by atoms with Gasteiger partial charge in [0.05, 0.1) is 34.2 Å². The lowest BCUT2D eigenvalue weighted by molar-refractivity contribution is -0.869. The van der Waals surface area contributed by atoms with Crippen LogP contribution >= 0.6 is 0 Å². The zero-order valence-electron chi connectivity index (χ0n) is 24.4. The van der Waals surface area contributed by atoms with Crippen molar-refractivity contribution >= 4 is 17.5 Å². The van der Waals surface area contributed by atoms with Gasteiger partial charge in [-0.15, -0.1) is 0 Å². The van der Waals surface area contributed by atoms with Gasteiger partial charge >= 0.3 is 0 Å². The monoisotopic (exact) mass is 522 g/mol. The molecule has 0 saturated heterocycles. The summed E-state index contributed by atoms with van der Waals surface area (Å²) in [5.41, 5.74) is 0.871. The van der Waals surface area contributed by atoms with Crippen LogP contribution in [0.3, 0.4) is 0 Å². The quantitative estimate of drug-likeness (QED) is 0.114. The molecule has 0 aliphatic carbocycles. The Morgan fingerprint density at radius 2 is 1.13 bits per heavy atom. The Labute approximate surface area is 233 Å². The van der Waals surface area contributed by atoms with E-state index >= 15 is 0 Å². The standard InChI is InChI=1S/C33H51N3O2/c1-36(2,3)30-29-34-32(37)27-23-18-16-14-12-10-8-6-4-5-7-9-11-13-15-17-19-24-28-33(38)35-31-25-21-20-22-26-31/h20-22,25-26H,8-19,23-24,27-30H2,1-3H3,(H-,34,35,37,38)/p+1. The average molecular weight is 523 g/mol. The molecule has 0 aromatic heterocycles. The topological polar surface area (TPSA) is 58.2 Å². The molecule has 38 heavy (non-hydrogen) atoms. The molecule has 0 aliphatic rings. The highest BCUT2D eigenvalue weighted by atomic mass is 16.2. The number of likely N-dealkylation sites (N-methyl/N-ethyl adjacent to an activating group) is 1. The van der Waals surface area contributed by atoms with Gasteiger partial charge in [-0.1, -0.05) is 81.4 Å². The average Bonchev–Trinajstić information content (AvgIpc) is 2.87. The maximum Gasteiger partial charge on any atom is 0.224 e. The lowest BCUT2D eigenvalue weighted by Crippen LogP contribution is -2.41. The number of unbranched alkanes of at least 4 members (excludes halogenated alkanes) is 12. The van der Waals surface area contributed by atoms with Crippen molar-refractivity contribution in [2.24, 2.45) is 0 Å². The van der Waals surface area contributed by atoms with E-state index in [4.69, 9.17) is 0 Å². The summed E-state index contributed by atoms with van der Waals surface area (Å²) in [6, 6.07) is 9.63. The van der Waals surface area contributed by atoms with Crippen LogP contribution in [0.5, 0.6) is 0 Å². The normalized spacial score (nSPS) is 10.6. The van der Waals surface area contributed by atoms with E-state index in [2.05, 4.69) is 55.5 Å². The number of carbonyl (C=O) groups excluding carboxylic acids is 2. The lowest BCUT2D eigenvalue weighted by Gasteiger charge is -2.23. The van der Waals surface area contributed by atoms with Gasteiger partial charge in [0, 0.05) is 31.4 Å². The van der Waals surface area contributed by atoms with E-state index in [9.17, 15) is 9.59 Å². The van der Waals surface area contributed by atoms with Gasteiger partial charge in [0.1, 0.15) is 0 Å². The van der Waals surface area contributed by atoms with E-state index in [1.807, 2.05) is 30.3 Å². The first-order chi connectivity index (χ1) is 18.4. The van der Waals surface area contributed by atoms with Crippen molar-refractivity contribution in [1.29, 1.82) is 0 Å². The predicted molar refractivity (Wildman–Crippen MR) is 160 cm³/mol. The first-order valence-electron chi connectivity index (χ1n) is 14.7. The van der Waals surface area contributed by atoms with E-state index in [1.54, 1.807) is 0 Å². The fourth-order valence-corrected chi connectivity index (χ4v) is 3.99. The number of rotatable bonds is 20. The molecule has 210 valence electrons. The second kappa shape index (κ2) is 22.2. The Bertz CT molecular complexity index is 882. The van der Waals surface area contributed by atoms with Gasteiger partial charge in [0.25, 0.3) is 0 Å². The molecule has 2 N–H and O–H groups in total. The molecule has 2 amide bonds. The summed E-state index contributed by atoms with van der Waals surface area (Å²) in [6.07, 6.45) is 16.7. The van der Waals surface area contributed by atoms with Crippen molar-refractivity contribution in [3.8, 4) is 23.7 Å². The molecular weight excluding hydrogens is 470 g/mol. The highest BCUT2D eigenvalue weighted by Crippen LogP contribution is 2.11. The molecule has 0 unspecified atom stereocenters. The molecule has 0 heterocycles. The molecule has 0 fully saturated rings. The van der Waals surface area contributed by atoms with Crippen LogP contribution in [0.25, 0.3) is 0 Å². The largest absolute Gasteiger partial charge is 0.350 e. The summed E-state index contributed by atoms with van der Waals surface area (Å²) >= 11 is 0. The lowest BCUT2D eigenvalue weighted by atomic mass is 10.1. The number of carbonyl (C=O) groups is 2. The zero-order valence-corrected chi connectivity index (χ0v) is 24.4. The third-order valence-electron chi connectivity index (χ3n) is 6.31. The van der Waals surface area contributed by atoms with Crippen LogP contribution in [0.2, 0.25) is 0 Å². The molecule has 0 spiro atoms. The molecule has 0 aliphatic heterocycles. The van der Waals surface area contributed by atoms with Crippen molar-refractivity contribution in [2.75, 3.05) is 39.5 Å². The van der Waals surface area contributed by atoms with Gasteiger partial charge in [0.2, 0.25) is 11.8 Å². The minimum absolute atomic E-state index is 0.104. The number of amides is 2. The minimum atomic E-state index is 0.104. The number of hydrogen-bond donors (Lipinski definition) is 2. The third-order valence-corrected chi connectivity index (χ3v) is 6.31. The molecule has 5 heteroatoms. The van der Waals surface area contributed by atoms with Crippen LogP contribution in [0, 0.1) is 23.7 Å². The van der Waals surface area contributed by atoms with Gasteiger partial charge in [-0.25, -0.2) is 0 Å². The van der Waals surface area contributed by atoms with Gasteiger partial charge in [0.15, 0.2) is 0 Å². The van der Waals surface area contributed by atoms with Crippen LogP contribution in [-0.4, -0.2) is 50.5 Å². The van der Waals surface area contributed by atoms with Crippen LogP contribution < -0.4 is 10.6 Å². The number of para-hydroxylation sites is 1. The Morgan fingerprint density at radius 1 is 0.658 bits per heavy atom. The SMILES string of the molecule is C[N+](C)(C)CCNC(=O)CCCCCCCCC#CC#CCCCCCCCCC(=O)Nc1ccccc1. The smallest absolute Gasteiger partial charge is 0.224 e. The number of nitrogens with zero attached hydrogens (tertiary/aromatic N) is 1. The molecule has 0 atom stereocenters. The summed E-state index contributed by atoms with van der Waals surface area (Å²) in [5, 5.41) is 5.95. The second-order valence-corrected chi connectivity index (χ2v) is 11.1. The first-order valence-corrected chi connectivity index (χ1v) is 14.7. The second-order valence-electron chi connectivity index (χ2n) is 11.1. The van der Waals surface area contributed by atoms with Crippen molar-refractivity contribution in [2.45, 2.75) is 103 Å². The van der Waals surface area contributed by atoms with Crippen LogP contribution in [0.1, 0.15) is 103 Å². The highest BCUT2D eigenvalue weighted by Gasteiger charge is 2.07. The Kier molecular flexibility index (Phi) is 19.5. The highest BCUT2D eigenvalue weighted by molar-refractivity contribution is 5.90. The Morgan fingerprint density at radius 3 is 1.66 bits per heavy atom. The molecule has 1 aromatic rings. The minimum Gasteiger partial charge on any atom is -0.350 e. The van der Waals surface area contributed by atoms with Gasteiger partial charge in [-0.05, 0) is 49.7 Å². The predicted octanol–water partition coefficient (Wildman–Crippen LogP) is 6.70. The number of anilines is 1. The maximum atomic E-state index is 11.9. The van der Waals surface area contributed by atoms with E-state index in [0.29, 0.717) is 12.8 Å². The summed E-state index contributed by atoms with van der Waals surface area (Å²) in [4.78, 5) is 23.7. The van der Waals surface area contributed by atoms with Crippen molar-refractivity contribution in [3.63, 3.8) is 0 Å². The van der Waals surface area contributed by atoms with E-state index < -0.39 is 0 Å². The van der Waals surface area contributed by atoms with Crippen molar-refractivity contribution in [1.82, 2.24) is 5.32 Å². The molecular formula is C33H52N3O2+. The number of hydrogen-bond acceptors (Lipinski definition) is 2. The van der Waals surface area contributed by atoms with E-state index in [0.717, 1.165) is 74.6 Å². The fourth-order valence-electron chi connectivity index (χ4n) is 3.99. The first kappa shape index (κ1) is 33.3. The molecule has 0 saturated carbocycles. The van der Waals surface area contributed by atoms with Crippen LogP contribution in [0.15, 0.2) is 30.3 Å². The fraction of sp³-hybridized carbons (Fsp3) is 0.636. The summed E-state index contributed by atoms with van der Waals surface area (Å²) in [5.74, 6) is 12.6. The van der Waals surface area contributed by atoms with Crippen LogP contribution in [-0.2, 0) is 9.59 Å². The number of benzene rings is 1. The van der Waals surface area contributed by atoms with Crippen molar-refractivity contribution in [3.05, 3.63) is 30.3 Å². The van der Waals surface area contributed by atoms with Gasteiger partial charge in [-0.3, -0.25) is 9.59 Å². The number of quaternary nitrogens is 1. The molecule has 5 nitrogen and oxygen atoms in total. The molecule has 0 bridgehead atoms. The van der Waals surface area contributed by atoms with Gasteiger partial charge < -0.3 is 15.1 Å². The molecule has 1 rings (SSSR count). The molecule has 1 aromatic carbocycles. The summed E-state index contributed by atoms with van der Waals surface area (Å²) in [7, 11) is 6.41. The van der Waals surface area contributed by atoms with E-state index in [1.165, 1.54) is 38.5 Å². The summed E-state index contributed by atoms with van der Waals surface area (Å²) in [6.45, 7) is 1.72. The maximum absolute atomic E-state index is 11.9. The van der Waals surface area contributed by atoms with Crippen molar-refractivity contribution < 1.29 is 14.1 Å². The third kappa shape index (κ3) is 22.4. The Balaban J connectivity index is 1.83. The molecule has 0 radical (unpaired) electrons. The Hall–Kier alpha value is -2.76. The zero-order chi connectivity index (χ0) is 27.7. The van der Waals surface area contributed by atoms with E-state index in [-0.39, 0.29) is 11.8 Å².